The molecule has 1 aromatic heterocycles. The van der Waals surface area contributed by atoms with E-state index < -0.39 is 11.6 Å². The standard InChI is InChI=1S/C15H18F2N4/c1-3-5-11-14(18-4-2)19-9-20-15(11)21-13-8-10(16)6-7-12(13)17/h6-9H,3-5H2,1-2H3,(H2,18,19,20,21). The molecule has 2 N–H and O–H groups in total. The zero-order valence-corrected chi connectivity index (χ0v) is 12.1. The molecule has 112 valence electrons. The minimum absolute atomic E-state index is 0.0634. The SMILES string of the molecule is CCCc1c(NCC)ncnc1Nc1cc(F)ccc1F. The van der Waals surface area contributed by atoms with Crippen molar-refractivity contribution >= 4 is 17.3 Å². The fourth-order valence-electron chi connectivity index (χ4n) is 2.05. The Hall–Kier alpha value is -2.24. The zero-order chi connectivity index (χ0) is 15.2. The third kappa shape index (κ3) is 3.65. The molecule has 0 aliphatic heterocycles. The van der Waals surface area contributed by atoms with E-state index in [0.717, 1.165) is 43.1 Å². The summed E-state index contributed by atoms with van der Waals surface area (Å²) >= 11 is 0. The number of nitrogens with zero attached hydrogens (tertiary/aromatic N) is 2. The van der Waals surface area contributed by atoms with E-state index in [1.54, 1.807) is 0 Å². The molecule has 1 heterocycles. The van der Waals surface area contributed by atoms with Crippen molar-refractivity contribution in [2.45, 2.75) is 26.7 Å². The van der Waals surface area contributed by atoms with Crippen LogP contribution in [0.3, 0.4) is 0 Å². The van der Waals surface area contributed by atoms with E-state index in [1.807, 2.05) is 13.8 Å². The fraction of sp³-hybridized carbons (Fsp3) is 0.333. The van der Waals surface area contributed by atoms with Gasteiger partial charge in [0.2, 0.25) is 0 Å². The van der Waals surface area contributed by atoms with Gasteiger partial charge < -0.3 is 10.6 Å². The lowest BCUT2D eigenvalue weighted by Crippen LogP contribution is -2.08. The third-order valence-electron chi connectivity index (χ3n) is 2.97. The predicted octanol–water partition coefficient (Wildman–Crippen LogP) is 3.88. The molecule has 21 heavy (non-hydrogen) atoms. The molecule has 1 aromatic carbocycles. The Kier molecular flexibility index (Phi) is 5.03. The van der Waals surface area contributed by atoms with Crippen LogP contribution in [0.25, 0.3) is 0 Å². The van der Waals surface area contributed by atoms with Gasteiger partial charge in [0.25, 0.3) is 0 Å². The van der Waals surface area contributed by atoms with Crippen LogP contribution in [0.1, 0.15) is 25.8 Å². The summed E-state index contributed by atoms with van der Waals surface area (Å²) in [4.78, 5) is 8.35. The highest BCUT2D eigenvalue weighted by Gasteiger charge is 2.12. The van der Waals surface area contributed by atoms with Crippen LogP contribution in [0.15, 0.2) is 24.5 Å². The maximum atomic E-state index is 13.7. The Labute approximate surface area is 122 Å². The smallest absolute Gasteiger partial charge is 0.146 e. The van der Waals surface area contributed by atoms with Crippen LogP contribution < -0.4 is 10.6 Å². The molecule has 0 atom stereocenters. The van der Waals surface area contributed by atoms with E-state index >= 15 is 0 Å². The summed E-state index contributed by atoms with van der Waals surface area (Å²) in [5.41, 5.74) is 0.930. The van der Waals surface area contributed by atoms with E-state index in [-0.39, 0.29) is 5.69 Å². The second-order valence-corrected chi connectivity index (χ2v) is 4.58. The fourth-order valence-corrected chi connectivity index (χ4v) is 2.05. The second-order valence-electron chi connectivity index (χ2n) is 4.58. The van der Waals surface area contributed by atoms with Gasteiger partial charge in [-0.3, -0.25) is 0 Å². The molecule has 0 unspecified atom stereocenters. The molecule has 0 radical (unpaired) electrons. The number of hydrogen-bond acceptors (Lipinski definition) is 4. The van der Waals surface area contributed by atoms with Crippen LogP contribution in [0, 0.1) is 11.6 Å². The molecule has 0 saturated carbocycles. The molecule has 0 spiro atoms. The van der Waals surface area contributed by atoms with Gasteiger partial charge in [-0.1, -0.05) is 13.3 Å². The van der Waals surface area contributed by atoms with Gasteiger partial charge in [-0.25, -0.2) is 18.7 Å². The molecular formula is C15H18F2N4. The quantitative estimate of drug-likeness (QED) is 0.848. The summed E-state index contributed by atoms with van der Waals surface area (Å²) in [6.45, 7) is 4.73. The topological polar surface area (TPSA) is 49.8 Å². The van der Waals surface area contributed by atoms with E-state index in [1.165, 1.54) is 6.33 Å². The summed E-state index contributed by atoms with van der Waals surface area (Å²) < 4.78 is 27.0. The second kappa shape index (κ2) is 6.97. The molecule has 2 rings (SSSR count). The average Bonchev–Trinajstić information content (AvgIpc) is 2.46. The number of halogens is 2. The van der Waals surface area contributed by atoms with Gasteiger partial charge in [-0.2, -0.15) is 0 Å². The van der Waals surface area contributed by atoms with Gasteiger partial charge in [-0.15, -0.1) is 0 Å². The lowest BCUT2D eigenvalue weighted by molar-refractivity contribution is 0.603. The van der Waals surface area contributed by atoms with Gasteiger partial charge >= 0.3 is 0 Å². The zero-order valence-electron chi connectivity index (χ0n) is 12.1. The lowest BCUT2D eigenvalue weighted by Gasteiger charge is -2.15. The van der Waals surface area contributed by atoms with E-state index in [2.05, 4.69) is 20.6 Å². The van der Waals surface area contributed by atoms with Gasteiger partial charge in [0, 0.05) is 18.2 Å². The summed E-state index contributed by atoms with van der Waals surface area (Å²) in [5.74, 6) is 0.181. The average molecular weight is 292 g/mol. The van der Waals surface area contributed by atoms with Crippen molar-refractivity contribution in [2.24, 2.45) is 0 Å². The summed E-state index contributed by atoms with van der Waals surface area (Å²) in [6, 6.07) is 3.28. The summed E-state index contributed by atoms with van der Waals surface area (Å²) in [6.07, 6.45) is 3.03. The molecular weight excluding hydrogens is 274 g/mol. The highest BCUT2D eigenvalue weighted by Crippen LogP contribution is 2.26. The van der Waals surface area contributed by atoms with Crippen molar-refractivity contribution in [3.8, 4) is 0 Å². The maximum absolute atomic E-state index is 13.7. The molecule has 0 aliphatic rings. The number of nitrogens with one attached hydrogen (secondary N) is 2. The van der Waals surface area contributed by atoms with Crippen LogP contribution >= 0.6 is 0 Å². The highest BCUT2D eigenvalue weighted by atomic mass is 19.1. The Morgan fingerprint density at radius 3 is 2.57 bits per heavy atom. The van der Waals surface area contributed by atoms with Crippen LogP contribution in [0.4, 0.5) is 26.1 Å². The molecule has 0 amide bonds. The van der Waals surface area contributed by atoms with Crippen LogP contribution in [-0.4, -0.2) is 16.5 Å². The molecule has 4 nitrogen and oxygen atoms in total. The minimum atomic E-state index is -0.525. The third-order valence-corrected chi connectivity index (χ3v) is 2.97. The Balaban J connectivity index is 2.38. The van der Waals surface area contributed by atoms with Gasteiger partial charge in [-0.05, 0) is 25.5 Å². The Bertz CT molecular complexity index is 617. The van der Waals surface area contributed by atoms with Gasteiger partial charge in [0.1, 0.15) is 29.6 Å². The first-order valence-electron chi connectivity index (χ1n) is 6.95. The molecule has 2 aromatic rings. The Morgan fingerprint density at radius 2 is 1.86 bits per heavy atom. The monoisotopic (exact) mass is 292 g/mol. The maximum Gasteiger partial charge on any atom is 0.146 e. The number of benzene rings is 1. The summed E-state index contributed by atoms with van der Waals surface area (Å²) in [7, 11) is 0. The van der Waals surface area contributed by atoms with Crippen molar-refractivity contribution < 1.29 is 8.78 Å². The molecule has 6 heteroatoms. The number of aromatic nitrogens is 2. The van der Waals surface area contributed by atoms with Crippen molar-refractivity contribution in [1.82, 2.24) is 9.97 Å². The summed E-state index contributed by atoms with van der Waals surface area (Å²) in [5, 5.41) is 6.01. The number of rotatable bonds is 6. The van der Waals surface area contributed by atoms with Crippen LogP contribution in [0.2, 0.25) is 0 Å². The highest BCUT2D eigenvalue weighted by molar-refractivity contribution is 5.65. The number of anilines is 3. The first-order valence-corrected chi connectivity index (χ1v) is 6.95. The van der Waals surface area contributed by atoms with Crippen LogP contribution in [0.5, 0.6) is 0 Å². The van der Waals surface area contributed by atoms with Gasteiger partial charge in [0.15, 0.2) is 0 Å². The van der Waals surface area contributed by atoms with Crippen molar-refractivity contribution in [1.29, 1.82) is 0 Å². The largest absolute Gasteiger partial charge is 0.370 e. The first kappa shape index (κ1) is 15.2. The van der Waals surface area contributed by atoms with E-state index in [4.69, 9.17) is 0 Å². The van der Waals surface area contributed by atoms with Crippen LogP contribution in [-0.2, 0) is 6.42 Å². The van der Waals surface area contributed by atoms with Gasteiger partial charge in [0.05, 0.1) is 5.69 Å². The first-order chi connectivity index (χ1) is 10.2. The van der Waals surface area contributed by atoms with Crippen molar-refractivity contribution in [2.75, 3.05) is 17.2 Å². The predicted molar refractivity (Wildman–Crippen MR) is 79.8 cm³/mol. The normalized spacial score (nSPS) is 10.5. The molecule has 0 bridgehead atoms. The molecule has 0 fully saturated rings. The van der Waals surface area contributed by atoms with E-state index in [0.29, 0.717) is 11.6 Å². The lowest BCUT2D eigenvalue weighted by atomic mass is 10.1. The number of hydrogen-bond donors (Lipinski definition) is 2. The molecule has 0 aliphatic carbocycles. The Morgan fingerprint density at radius 1 is 1.10 bits per heavy atom. The minimum Gasteiger partial charge on any atom is -0.370 e. The van der Waals surface area contributed by atoms with Crippen molar-refractivity contribution in [3.63, 3.8) is 0 Å². The molecule has 0 saturated heterocycles. The van der Waals surface area contributed by atoms with Crippen molar-refractivity contribution in [3.05, 3.63) is 41.7 Å². The van der Waals surface area contributed by atoms with E-state index in [9.17, 15) is 8.78 Å².